The quantitative estimate of drug-likeness (QED) is 0.470. The second-order valence-corrected chi connectivity index (χ2v) is 6.56. The van der Waals surface area contributed by atoms with Gasteiger partial charge in [-0.25, -0.2) is 15.0 Å². The van der Waals surface area contributed by atoms with E-state index in [-0.39, 0.29) is 5.75 Å². The number of nitrogens with one attached hydrogen (secondary N) is 1. The highest BCUT2D eigenvalue weighted by Crippen LogP contribution is 2.27. The van der Waals surface area contributed by atoms with Crippen LogP contribution in [0.3, 0.4) is 0 Å². The molecule has 0 unspecified atom stereocenters. The Morgan fingerprint density at radius 1 is 1.27 bits per heavy atom. The molecule has 0 aromatic carbocycles. The van der Waals surface area contributed by atoms with Crippen molar-refractivity contribution in [3.63, 3.8) is 0 Å². The molecule has 22 heavy (non-hydrogen) atoms. The van der Waals surface area contributed by atoms with Gasteiger partial charge in [0.15, 0.2) is 16.6 Å². The van der Waals surface area contributed by atoms with Crippen molar-refractivity contribution in [2.75, 3.05) is 29.6 Å². The molecular formula is C12H16F3N5S2. The van der Waals surface area contributed by atoms with Crippen molar-refractivity contribution in [1.82, 2.24) is 19.5 Å². The van der Waals surface area contributed by atoms with Crippen LogP contribution < -0.4 is 5.32 Å². The van der Waals surface area contributed by atoms with E-state index in [1.54, 1.807) is 29.7 Å². The number of imidazole rings is 1. The summed E-state index contributed by atoms with van der Waals surface area (Å²) in [7, 11) is 1.79. The minimum Gasteiger partial charge on any atom is -0.367 e. The summed E-state index contributed by atoms with van der Waals surface area (Å²) in [6, 6.07) is 0. The highest BCUT2D eigenvalue weighted by Gasteiger charge is 2.26. The summed E-state index contributed by atoms with van der Waals surface area (Å²) in [5.74, 6) is 1.36. The summed E-state index contributed by atoms with van der Waals surface area (Å²) in [6.07, 6.45) is -1.41. The molecule has 0 radical (unpaired) electrons. The van der Waals surface area contributed by atoms with Gasteiger partial charge in [-0.1, -0.05) is 11.8 Å². The van der Waals surface area contributed by atoms with E-state index < -0.39 is 12.6 Å². The van der Waals surface area contributed by atoms with Crippen molar-refractivity contribution in [1.29, 1.82) is 0 Å². The van der Waals surface area contributed by atoms with Gasteiger partial charge in [0.25, 0.3) is 0 Å². The van der Waals surface area contributed by atoms with Crippen LogP contribution in [0.25, 0.3) is 11.2 Å². The van der Waals surface area contributed by atoms with E-state index in [2.05, 4.69) is 20.3 Å². The van der Waals surface area contributed by atoms with E-state index in [0.717, 1.165) is 17.5 Å². The first-order valence-electron chi connectivity index (χ1n) is 6.52. The predicted molar refractivity (Wildman–Crippen MR) is 84.6 cm³/mol. The number of aryl methyl sites for hydroxylation is 1. The van der Waals surface area contributed by atoms with Gasteiger partial charge in [0.1, 0.15) is 5.52 Å². The Balaban J connectivity index is 2.17. The Kier molecular flexibility index (Phi) is 5.79. The number of aromatic nitrogens is 4. The van der Waals surface area contributed by atoms with Gasteiger partial charge in [-0.15, -0.1) is 0 Å². The Morgan fingerprint density at radius 2 is 2.05 bits per heavy atom. The molecule has 0 saturated carbocycles. The lowest BCUT2D eigenvalue weighted by Gasteiger charge is -2.08. The maximum atomic E-state index is 12.2. The van der Waals surface area contributed by atoms with Crippen molar-refractivity contribution in [3.05, 3.63) is 6.33 Å². The Hall–Kier alpha value is -1.16. The molecule has 122 valence electrons. The molecule has 0 spiro atoms. The van der Waals surface area contributed by atoms with Gasteiger partial charge in [0.2, 0.25) is 0 Å². The molecule has 2 rings (SSSR count). The maximum absolute atomic E-state index is 12.2. The summed E-state index contributed by atoms with van der Waals surface area (Å²) >= 11 is 2.69. The van der Waals surface area contributed by atoms with Crippen molar-refractivity contribution in [2.45, 2.75) is 17.8 Å². The number of thioether (sulfide) groups is 2. The molecule has 0 aliphatic carbocycles. The van der Waals surface area contributed by atoms with Gasteiger partial charge in [0.05, 0.1) is 12.7 Å². The van der Waals surface area contributed by atoms with Gasteiger partial charge < -0.3 is 9.88 Å². The number of alkyl halides is 3. The molecule has 0 saturated heterocycles. The van der Waals surface area contributed by atoms with E-state index in [4.69, 9.17) is 0 Å². The highest BCUT2D eigenvalue weighted by atomic mass is 32.2. The van der Waals surface area contributed by atoms with Crippen molar-refractivity contribution < 1.29 is 13.2 Å². The number of nitrogens with zero attached hydrogens (tertiary/aromatic N) is 4. The lowest BCUT2D eigenvalue weighted by molar-refractivity contribution is -0.129. The predicted octanol–water partition coefficient (Wildman–Crippen LogP) is 3.18. The number of anilines is 1. The maximum Gasteiger partial charge on any atom is 0.389 e. The first-order valence-corrected chi connectivity index (χ1v) is 8.90. The highest BCUT2D eigenvalue weighted by molar-refractivity contribution is 7.99. The van der Waals surface area contributed by atoms with Crippen molar-refractivity contribution in [2.24, 2.45) is 7.05 Å². The Bertz CT molecular complexity index is 629. The smallest absolute Gasteiger partial charge is 0.367 e. The monoisotopic (exact) mass is 351 g/mol. The summed E-state index contributed by atoms with van der Waals surface area (Å²) in [4.78, 5) is 12.8. The molecule has 2 aromatic heterocycles. The standard InChI is InChI=1S/C12H16F3N5S2/c1-20-7-17-8-9(16-4-6-21-2)18-11(19-10(8)20)22-5-3-12(13,14)15/h7H,3-6H2,1-2H3,(H,16,18,19). The molecular weight excluding hydrogens is 335 g/mol. The third kappa shape index (κ3) is 4.67. The summed E-state index contributed by atoms with van der Waals surface area (Å²) in [6.45, 7) is 0.705. The number of hydrogen-bond acceptors (Lipinski definition) is 6. The molecule has 0 fully saturated rings. The topological polar surface area (TPSA) is 55.6 Å². The number of fused-ring (bicyclic) bond motifs is 1. The molecule has 0 aliphatic heterocycles. The van der Waals surface area contributed by atoms with Crippen LogP contribution in [-0.2, 0) is 7.05 Å². The minimum atomic E-state index is -4.16. The van der Waals surface area contributed by atoms with Crippen LogP contribution >= 0.6 is 23.5 Å². The number of hydrogen-bond donors (Lipinski definition) is 1. The van der Waals surface area contributed by atoms with Crippen LogP contribution in [0.15, 0.2) is 11.5 Å². The normalized spacial score (nSPS) is 12.0. The van der Waals surface area contributed by atoms with Gasteiger partial charge in [-0.3, -0.25) is 0 Å². The zero-order valence-electron chi connectivity index (χ0n) is 12.1. The van der Waals surface area contributed by atoms with E-state index >= 15 is 0 Å². The fraction of sp³-hybridized carbons (Fsp3) is 0.583. The summed E-state index contributed by atoms with van der Waals surface area (Å²) < 4.78 is 38.4. The fourth-order valence-corrected chi connectivity index (χ4v) is 2.83. The number of rotatable bonds is 7. The van der Waals surface area contributed by atoms with Crippen LogP contribution in [-0.4, -0.2) is 50.0 Å². The average Bonchev–Trinajstić information content (AvgIpc) is 2.80. The van der Waals surface area contributed by atoms with Gasteiger partial charge in [-0.2, -0.15) is 24.9 Å². The molecule has 1 N–H and O–H groups in total. The molecule has 5 nitrogen and oxygen atoms in total. The van der Waals surface area contributed by atoms with Crippen LogP contribution in [0.1, 0.15) is 6.42 Å². The van der Waals surface area contributed by atoms with Crippen LogP contribution in [0.4, 0.5) is 19.0 Å². The SMILES string of the molecule is CSCCNc1nc(SCCC(F)(F)F)nc2c1ncn2C. The number of halogens is 3. The Labute approximate surface area is 134 Å². The second kappa shape index (κ2) is 7.40. The largest absolute Gasteiger partial charge is 0.389 e. The molecule has 0 amide bonds. The van der Waals surface area contributed by atoms with Crippen molar-refractivity contribution in [3.8, 4) is 0 Å². The van der Waals surface area contributed by atoms with E-state index in [0.29, 0.717) is 28.7 Å². The summed E-state index contributed by atoms with van der Waals surface area (Å²) in [5.41, 5.74) is 1.24. The first-order chi connectivity index (χ1) is 10.4. The fourth-order valence-electron chi connectivity index (χ4n) is 1.70. The van der Waals surface area contributed by atoms with Gasteiger partial charge in [-0.05, 0) is 6.26 Å². The molecule has 10 heteroatoms. The average molecular weight is 351 g/mol. The third-order valence-electron chi connectivity index (χ3n) is 2.75. The van der Waals surface area contributed by atoms with E-state index in [9.17, 15) is 13.2 Å². The van der Waals surface area contributed by atoms with E-state index in [1.165, 1.54) is 0 Å². The lowest BCUT2D eigenvalue weighted by Crippen LogP contribution is -2.09. The zero-order valence-corrected chi connectivity index (χ0v) is 13.8. The molecule has 0 atom stereocenters. The lowest BCUT2D eigenvalue weighted by atomic mass is 10.5. The summed E-state index contributed by atoms with van der Waals surface area (Å²) in [5, 5.41) is 3.49. The van der Waals surface area contributed by atoms with Gasteiger partial charge >= 0.3 is 6.18 Å². The molecule has 2 aromatic rings. The zero-order chi connectivity index (χ0) is 16.2. The van der Waals surface area contributed by atoms with Crippen molar-refractivity contribution >= 4 is 40.5 Å². The third-order valence-corrected chi connectivity index (χ3v) is 4.22. The van der Waals surface area contributed by atoms with Gasteiger partial charge in [0, 0.05) is 25.1 Å². The first kappa shape index (κ1) is 17.2. The second-order valence-electron chi connectivity index (χ2n) is 4.52. The van der Waals surface area contributed by atoms with Crippen LogP contribution in [0, 0.1) is 0 Å². The molecule has 2 heterocycles. The molecule has 0 aliphatic rings. The minimum absolute atomic E-state index is 0.100. The van der Waals surface area contributed by atoms with Crippen LogP contribution in [0.5, 0.6) is 0 Å². The molecule has 0 bridgehead atoms. The Morgan fingerprint density at radius 3 is 2.73 bits per heavy atom. The van der Waals surface area contributed by atoms with E-state index in [1.807, 2.05) is 6.26 Å². The van der Waals surface area contributed by atoms with Crippen LogP contribution in [0.2, 0.25) is 0 Å².